The van der Waals surface area contributed by atoms with Crippen molar-refractivity contribution in [3.05, 3.63) is 48.5 Å². The van der Waals surface area contributed by atoms with Crippen molar-refractivity contribution in [3.63, 3.8) is 0 Å². The number of carbonyl (C=O) groups excluding carboxylic acids is 1. The number of nitrogens with zero attached hydrogens (tertiary/aromatic N) is 3. The third kappa shape index (κ3) is 4.04. The molecule has 0 aliphatic carbocycles. The fourth-order valence-electron chi connectivity index (χ4n) is 2.96. The van der Waals surface area contributed by atoms with Crippen LogP contribution < -0.4 is 15.4 Å². The van der Waals surface area contributed by atoms with E-state index in [1.54, 1.807) is 18.3 Å². The molecule has 8 nitrogen and oxygen atoms in total. The third-order valence-electron chi connectivity index (χ3n) is 4.50. The van der Waals surface area contributed by atoms with E-state index in [0.717, 1.165) is 0 Å². The van der Waals surface area contributed by atoms with Crippen molar-refractivity contribution >= 4 is 29.0 Å². The highest BCUT2D eigenvalue weighted by molar-refractivity contribution is 6.20. The Hall–Kier alpha value is -3.27. The van der Waals surface area contributed by atoms with Crippen LogP contribution in [0.5, 0.6) is 5.75 Å². The van der Waals surface area contributed by atoms with E-state index in [1.165, 1.54) is 24.3 Å². The first-order valence-corrected chi connectivity index (χ1v) is 9.18. The molecule has 0 bridgehead atoms. The van der Waals surface area contributed by atoms with Gasteiger partial charge in [0, 0.05) is 31.4 Å². The first kappa shape index (κ1) is 18.7. The average molecular weight is 437 g/mol. The largest absolute Gasteiger partial charge is 0.487 e. The van der Waals surface area contributed by atoms with Crippen LogP contribution in [0.3, 0.4) is 0 Å². The summed E-state index contributed by atoms with van der Waals surface area (Å²) in [5.74, 6) is 0.145. The SMILES string of the molecule is [2H]CC1(c2nnc(-c3cccnc3Nc3ccc(OC(F)(F)Cl)cc3)o2)CCNC1=O. The minimum atomic E-state index is -3.80. The molecule has 0 radical (unpaired) electrons. The Morgan fingerprint density at radius 1 is 1.33 bits per heavy atom. The molecule has 156 valence electrons. The number of hydrogen-bond acceptors (Lipinski definition) is 7. The Morgan fingerprint density at radius 3 is 2.80 bits per heavy atom. The summed E-state index contributed by atoms with van der Waals surface area (Å²) < 4.78 is 43.4. The Kier molecular flexibility index (Phi) is 4.70. The van der Waals surface area contributed by atoms with E-state index in [0.29, 0.717) is 30.0 Å². The lowest BCUT2D eigenvalue weighted by Crippen LogP contribution is -2.32. The Balaban J connectivity index is 1.59. The Labute approximate surface area is 176 Å². The molecular weight excluding hydrogens is 420 g/mol. The molecular formula is C19H16ClF2N5O3. The highest BCUT2D eigenvalue weighted by Gasteiger charge is 2.44. The van der Waals surface area contributed by atoms with Gasteiger partial charge in [-0.05, 0) is 49.7 Å². The lowest BCUT2D eigenvalue weighted by Gasteiger charge is -2.14. The second-order valence-corrected chi connectivity index (χ2v) is 7.04. The standard InChI is InChI=1S/C19H16ClF2N5O3/c1-18(8-10-24-16(18)28)17-27-26-15(29-17)13-3-2-9-23-14(13)25-11-4-6-12(7-5-11)30-19(20,21)22/h2-7,9H,8,10H2,1H3,(H,23,25)(H,24,28)/i1D. The molecule has 1 amide bonds. The van der Waals surface area contributed by atoms with Crippen LogP contribution in [0.25, 0.3) is 11.5 Å². The molecule has 1 unspecified atom stereocenters. The molecule has 3 aromatic rings. The van der Waals surface area contributed by atoms with Gasteiger partial charge >= 0.3 is 5.57 Å². The van der Waals surface area contributed by atoms with Gasteiger partial charge in [-0.3, -0.25) is 4.79 Å². The van der Waals surface area contributed by atoms with Crippen molar-refractivity contribution in [1.29, 1.82) is 0 Å². The van der Waals surface area contributed by atoms with Crippen LogP contribution in [0, 0.1) is 0 Å². The highest BCUT2D eigenvalue weighted by Crippen LogP contribution is 2.34. The topological polar surface area (TPSA) is 102 Å². The van der Waals surface area contributed by atoms with Gasteiger partial charge in [-0.25, -0.2) is 4.98 Å². The smallest absolute Gasteiger partial charge is 0.420 e. The lowest BCUT2D eigenvalue weighted by molar-refractivity contribution is -0.124. The number of benzene rings is 1. The number of hydrogen-bond donors (Lipinski definition) is 2. The van der Waals surface area contributed by atoms with E-state index in [1.807, 2.05) is 0 Å². The van der Waals surface area contributed by atoms with Crippen molar-refractivity contribution in [2.24, 2.45) is 0 Å². The molecule has 1 saturated heterocycles. The summed E-state index contributed by atoms with van der Waals surface area (Å²) in [4.78, 5) is 16.5. The molecule has 11 heteroatoms. The number of carbonyl (C=O) groups is 1. The number of aromatic nitrogens is 3. The Bertz CT molecular complexity index is 1090. The summed E-state index contributed by atoms with van der Waals surface area (Å²) in [7, 11) is 0. The minimum absolute atomic E-state index is 0.0748. The summed E-state index contributed by atoms with van der Waals surface area (Å²) in [6.07, 6.45) is 1.94. The molecule has 0 saturated carbocycles. The molecule has 1 aliphatic rings. The van der Waals surface area contributed by atoms with Crippen molar-refractivity contribution in [1.82, 2.24) is 20.5 Å². The van der Waals surface area contributed by atoms with E-state index in [9.17, 15) is 13.6 Å². The number of rotatable bonds is 6. The monoisotopic (exact) mass is 436 g/mol. The van der Waals surface area contributed by atoms with Crippen LogP contribution in [0.2, 0.25) is 0 Å². The molecule has 1 aromatic carbocycles. The number of pyridine rings is 1. The predicted molar refractivity (Wildman–Crippen MR) is 104 cm³/mol. The molecule has 0 spiro atoms. The normalized spacial score (nSPS) is 19.3. The second-order valence-electron chi connectivity index (χ2n) is 6.60. The van der Waals surface area contributed by atoms with Gasteiger partial charge in [-0.15, -0.1) is 19.0 Å². The van der Waals surface area contributed by atoms with Crippen molar-refractivity contribution < 1.29 is 24.1 Å². The molecule has 1 fully saturated rings. The number of nitrogens with one attached hydrogen (secondary N) is 2. The molecule has 2 aromatic heterocycles. The van der Waals surface area contributed by atoms with Crippen LogP contribution >= 0.6 is 11.6 Å². The number of alkyl halides is 3. The van der Waals surface area contributed by atoms with Gasteiger partial charge in [0.1, 0.15) is 17.0 Å². The quantitative estimate of drug-likeness (QED) is 0.566. The van der Waals surface area contributed by atoms with Crippen molar-refractivity contribution in [3.8, 4) is 17.2 Å². The molecule has 3 heterocycles. The lowest BCUT2D eigenvalue weighted by atomic mass is 9.89. The maximum atomic E-state index is 12.7. The average Bonchev–Trinajstić information content (AvgIpc) is 3.36. The molecule has 1 aliphatic heterocycles. The molecule has 4 rings (SSSR count). The third-order valence-corrected chi connectivity index (χ3v) is 4.57. The number of amides is 1. The molecule has 1 atom stereocenters. The second kappa shape index (κ2) is 7.52. The fourth-order valence-corrected chi connectivity index (χ4v) is 3.04. The summed E-state index contributed by atoms with van der Waals surface area (Å²) in [6, 6.07) is 9.03. The number of halogens is 3. The van der Waals surface area contributed by atoms with Crippen molar-refractivity contribution in [2.75, 3.05) is 11.9 Å². The zero-order valence-corrected chi connectivity index (χ0v) is 16.1. The van der Waals surface area contributed by atoms with Gasteiger partial charge in [-0.1, -0.05) is 0 Å². The van der Waals surface area contributed by atoms with Crippen molar-refractivity contribution in [2.45, 2.75) is 24.3 Å². The van der Waals surface area contributed by atoms with Gasteiger partial charge in [0.2, 0.25) is 11.8 Å². The van der Waals surface area contributed by atoms with Crippen LogP contribution in [0.1, 0.15) is 20.6 Å². The maximum Gasteiger partial charge on any atom is 0.487 e. The van der Waals surface area contributed by atoms with Gasteiger partial charge in [-0.2, -0.15) is 0 Å². The number of anilines is 2. The summed E-state index contributed by atoms with van der Waals surface area (Å²) in [5.41, 5.74) is -3.97. The van der Waals surface area contributed by atoms with Crippen LogP contribution in [-0.2, 0) is 10.2 Å². The highest BCUT2D eigenvalue weighted by atomic mass is 35.5. The van der Waals surface area contributed by atoms with Crippen LogP contribution in [0.15, 0.2) is 47.0 Å². The van der Waals surface area contributed by atoms with E-state index in [2.05, 4.69) is 30.6 Å². The molecule has 2 N–H and O–H groups in total. The van der Waals surface area contributed by atoms with Gasteiger partial charge in [0.05, 0.1) is 5.56 Å². The first-order valence-electron chi connectivity index (χ1n) is 9.51. The van der Waals surface area contributed by atoms with Crippen LogP contribution in [0.4, 0.5) is 20.3 Å². The summed E-state index contributed by atoms with van der Waals surface area (Å²) in [5, 5.41) is 13.8. The summed E-state index contributed by atoms with van der Waals surface area (Å²) in [6.45, 7) is 0.221. The van der Waals surface area contributed by atoms with Gasteiger partial charge in [0.15, 0.2) is 0 Å². The Morgan fingerprint density at radius 2 is 2.13 bits per heavy atom. The fraction of sp³-hybridized carbons (Fsp3) is 0.263. The zero-order chi connectivity index (χ0) is 22.1. The van der Waals surface area contributed by atoms with Gasteiger partial charge < -0.3 is 19.8 Å². The first-order chi connectivity index (χ1) is 14.8. The summed E-state index contributed by atoms with van der Waals surface area (Å²) >= 11 is 4.76. The minimum Gasteiger partial charge on any atom is -0.420 e. The van der Waals surface area contributed by atoms with E-state index < -0.39 is 11.0 Å². The van der Waals surface area contributed by atoms with E-state index >= 15 is 0 Å². The van der Waals surface area contributed by atoms with Gasteiger partial charge in [0.25, 0.3) is 5.89 Å². The van der Waals surface area contributed by atoms with Crippen LogP contribution in [-0.4, -0.2) is 33.2 Å². The maximum absolute atomic E-state index is 12.7. The van der Waals surface area contributed by atoms with E-state index in [4.69, 9.17) is 17.4 Å². The zero-order valence-electron chi connectivity index (χ0n) is 16.4. The van der Waals surface area contributed by atoms with E-state index in [-0.39, 0.29) is 30.3 Å². The number of ether oxygens (including phenoxy) is 1. The predicted octanol–water partition coefficient (Wildman–Crippen LogP) is 3.82. The molecule has 30 heavy (non-hydrogen) atoms.